The summed E-state index contributed by atoms with van der Waals surface area (Å²) in [6, 6.07) is 0. The fraction of sp³-hybridized carbons (Fsp3) is 0.889. The van der Waals surface area contributed by atoms with Gasteiger partial charge in [0, 0.05) is 5.92 Å². The molecule has 5 heteroatoms. The van der Waals surface area contributed by atoms with E-state index >= 15 is 0 Å². The molecule has 0 aliphatic heterocycles. The van der Waals surface area contributed by atoms with E-state index in [1.54, 1.807) is 0 Å². The second-order valence-corrected chi connectivity index (χ2v) is 5.00. The van der Waals surface area contributed by atoms with E-state index in [1.165, 1.54) is 0 Å². The van der Waals surface area contributed by atoms with E-state index in [-0.39, 0.29) is 12.5 Å². The van der Waals surface area contributed by atoms with E-state index in [2.05, 4.69) is 11.1 Å². The Kier molecular flexibility index (Phi) is 6.74. The van der Waals surface area contributed by atoms with Crippen LogP contribution in [0.3, 0.4) is 0 Å². The number of aldehydes is 1. The molecule has 0 aromatic heterocycles. The van der Waals surface area contributed by atoms with E-state index in [1.807, 2.05) is 0 Å². The van der Waals surface area contributed by atoms with E-state index in [4.69, 9.17) is 0 Å². The minimum Gasteiger partial charge on any atom is -0.303 e. The zero-order chi connectivity index (χ0) is 11.0. The molecular formula is C9H18O4S. The Morgan fingerprint density at radius 3 is 2.43 bits per heavy atom. The Morgan fingerprint density at radius 2 is 2.00 bits per heavy atom. The lowest BCUT2D eigenvalue weighted by atomic mass is 10.0. The summed E-state index contributed by atoms with van der Waals surface area (Å²) >= 11 is 0. The van der Waals surface area contributed by atoms with Gasteiger partial charge >= 0.3 is 0 Å². The molecule has 0 rings (SSSR count). The highest BCUT2D eigenvalue weighted by atomic mass is 32.2. The number of unbranched alkanes of at least 4 members (excludes halogenated alkanes) is 1. The molecule has 84 valence electrons. The highest BCUT2D eigenvalue weighted by Crippen LogP contribution is 2.10. The van der Waals surface area contributed by atoms with Gasteiger partial charge in [-0.05, 0) is 12.8 Å². The third-order valence-electron chi connectivity index (χ3n) is 1.91. The van der Waals surface area contributed by atoms with Gasteiger partial charge < -0.3 is 4.79 Å². The van der Waals surface area contributed by atoms with Crippen LogP contribution in [0.5, 0.6) is 0 Å². The molecule has 0 radical (unpaired) electrons. The highest BCUT2D eigenvalue weighted by molar-refractivity contribution is 7.85. The van der Waals surface area contributed by atoms with Gasteiger partial charge in [0.2, 0.25) is 0 Å². The van der Waals surface area contributed by atoms with Crippen molar-refractivity contribution in [3.63, 3.8) is 0 Å². The van der Waals surface area contributed by atoms with Gasteiger partial charge in [-0.25, -0.2) is 0 Å². The molecule has 0 N–H and O–H groups in total. The Hall–Kier alpha value is -0.420. The van der Waals surface area contributed by atoms with Crippen LogP contribution in [0.2, 0.25) is 0 Å². The van der Waals surface area contributed by atoms with Gasteiger partial charge in [0.25, 0.3) is 10.1 Å². The molecule has 4 nitrogen and oxygen atoms in total. The first-order valence-electron chi connectivity index (χ1n) is 4.79. The molecule has 0 aromatic carbocycles. The first-order chi connectivity index (χ1) is 6.49. The summed E-state index contributed by atoms with van der Waals surface area (Å²) in [7, 11) is -3.36. The predicted molar refractivity (Wildman–Crippen MR) is 54.5 cm³/mol. The van der Waals surface area contributed by atoms with Gasteiger partial charge in [-0.15, -0.1) is 0 Å². The summed E-state index contributed by atoms with van der Waals surface area (Å²) in [5.41, 5.74) is 0. The zero-order valence-electron chi connectivity index (χ0n) is 8.73. The average molecular weight is 222 g/mol. The Balaban J connectivity index is 3.68. The molecule has 0 bridgehead atoms. The third kappa shape index (κ3) is 8.19. The van der Waals surface area contributed by atoms with Crippen LogP contribution in [-0.2, 0) is 19.1 Å². The molecule has 0 heterocycles. The normalized spacial score (nSPS) is 13.9. The molecular weight excluding hydrogens is 204 g/mol. The van der Waals surface area contributed by atoms with E-state index in [9.17, 15) is 13.2 Å². The van der Waals surface area contributed by atoms with Gasteiger partial charge in [-0.3, -0.25) is 4.18 Å². The average Bonchev–Trinajstić information content (AvgIpc) is 2.09. The van der Waals surface area contributed by atoms with Gasteiger partial charge in [0.1, 0.15) is 6.29 Å². The fourth-order valence-corrected chi connectivity index (χ4v) is 1.50. The van der Waals surface area contributed by atoms with E-state index in [0.717, 1.165) is 31.8 Å². The van der Waals surface area contributed by atoms with Crippen LogP contribution in [0.15, 0.2) is 0 Å². The van der Waals surface area contributed by atoms with Crippen molar-refractivity contribution in [1.29, 1.82) is 0 Å². The first kappa shape index (κ1) is 13.6. The molecule has 0 saturated heterocycles. The number of hydrogen-bond donors (Lipinski definition) is 0. The summed E-state index contributed by atoms with van der Waals surface area (Å²) in [6.45, 7) is 2.15. The van der Waals surface area contributed by atoms with Crippen molar-refractivity contribution >= 4 is 16.4 Å². The smallest absolute Gasteiger partial charge is 0.264 e. The van der Waals surface area contributed by atoms with Crippen LogP contribution in [0.4, 0.5) is 0 Å². The maximum Gasteiger partial charge on any atom is 0.264 e. The van der Waals surface area contributed by atoms with Crippen molar-refractivity contribution in [3.8, 4) is 0 Å². The standard InChI is InChI=1S/C9H18O4S/c1-3-4-5-9(8-10)6-7-13-14(2,11)12/h8-9H,3-7H2,1-2H3/t9-/m0/s1. The fourth-order valence-electron chi connectivity index (χ4n) is 1.10. The minimum atomic E-state index is -3.36. The molecule has 0 spiro atoms. The first-order valence-corrected chi connectivity index (χ1v) is 6.61. The van der Waals surface area contributed by atoms with Crippen LogP contribution in [0.1, 0.15) is 32.6 Å². The van der Waals surface area contributed by atoms with Crippen LogP contribution >= 0.6 is 0 Å². The molecule has 0 saturated carbocycles. The second-order valence-electron chi connectivity index (χ2n) is 3.35. The lowest BCUT2D eigenvalue weighted by Gasteiger charge is -2.08. The number of hydrogen-bond acceptors (Lipinski definition) is 4. The monoisotopic (exact) mass is 222 g/mol. The summed E-state index contributed by atoms with van der Waals surface area (Å²) in [5, 5.41) is 0. The van der Waals surface area contributed by atoms with Crippen LogP contribution in [0, 0.1) is 5.92 Å². The van der Waals surface area contributed by atoms with Crippen LogP contribution in [0.25, 0.3) is 0 Å². The Morgan fingerprint density at radius 1 is 1.36 bits per heavy atom. The van der Waals surface area contributed by atoms with Gasteiger partial charge in [0.15, 0.2) is 0 Å². The second kappa shape index (κ2) is 6.95. The lowest BCUT2D eigenvalue weighted by Crippen LogP contribution is -2.10. The molecule has 1 atom stereocenters. The van der Waals surface area contributed by atoms with Crippen molar-refractivity contribution < 1.29 is 17.4 Å². The van der Waals surface area contributed by atoms with E-state index < -0.39 is 10.1 Å². The minimum absolute atomic E-state index is 0.0725. The molecule has 0 fully saturated rings. The quantitative estimate of drug-likeness (QED) is 0.459. The maximum absolute atomic E-state index is 10.6. The highest BCUT2D eigenvalue weighted by Gasteiger charge is 2.08. The third-order valence-corrected chi connectivity index (χ3v) is 2.50. The van der Waals surface area contributed by atoms with Crippen LogP contribution < -0.4 is 0 Å². The van der Waals surface area contributed by atoms with Crippen molar-refractivity contribution in [2.24, 2.45) is 5.92 Å². The van der Waals surface area contributed by atoms with Gasteiger partial charge in [-0.2, -0.15) is 8.42 Å². The molecule has 0 amide bonds. The zero-order valence-corrected chi connectivity index (χ0v) is 9.55. The Labute approximate surface area is 85.8 Å². The lowest BCUT2D eigenvalue weighted by molar-refractivity contribution is -0.111. The molecule has 0 aromatic rings. The topological polar surface area (TPSA) is 60.4 Å². The number of carbonyl (C=O) groups is 1. The van der Waals surface area contributed by atoms with Gasteiger partial charge in [-0.1, -0.05) is 19.8 Å². The van der Waals surface area contributed by atoms with E-state index in [0.29, 0.717) is 6.42 Å². The predicted octanol–water partition coefficient (Wildman–Crippen LogP) is 1.36. The number of rotatable bonds is 8. The SMILES string of the molecule is CCCC[C@H](C=O)CCOS(C)(=O)=O. The summed E-state index contributed by atoms with van der Waals surface area (Å²) in [6.07, 6.45) is 5.21. The van der Waals surface area contributed by atoms with Crippen molar-refractivity contribution in [2.75, 3.05) is 12.9 Å². The Bertz CT molecular complexity index is 246. The summed E-state index contributed by atoms with van der Waals surface area (Å²) < 4.78 is 25.8. The van der Waals surface area contributed by atoms with Gasteiger partial charge in [0.05, 0.1) is 12.9 Å². The summed E-state index contributed by atoms with van der Waals surface area (Å²) in [5.74, 6) is -0.0725. The van der Waals surface area contributed by atoms with Crippen LogP contribution in [-0.4, -0.2) is 27.6 Å². The molecule has 0 unspecified atom stereocenters. The summed E-state index contributed by atoms with van der Waals surface area (Å²) in [4.78, 5) is 10.6. The molecule has 0 aliphatic carbocycles. The largest absolute Gasteiger partial charge is 0.303 e. The molecule has 14 heavy (non-hydrogen) atoms. The number of carbonyl (C=O) groups excluding carboxylic acids is 1. The molecule has 0 aliphatic rings. The maximum atomic E-state index is 10.6. The van der Waals surface area contributed by atoms with Crippen molar-refractivity contribution in [1.82, 2.24) is 0 Å². The van der Waals surface area contributed by atoms with Crippen molar-refractivity contribution in [2.45, 2.75) is 32.6 Å². The van der Waals surface area contributed by atoms with Crippen molar-refractivity contribution in [3.05, 3.63) is 0 Å².